The Labute approximate surface area is 169 Å². The van der Waals surface area contributed by atoms with Crippen LogP contribution in [0.1, 0.15) is 22.6 Å². The van der Waals surface area contributed by atoms with E-state index in [2.05, 4.69) is 15.8 Å². The van der Waals surface area contributed by atoms with Gasteiger partial charge in [0.1, 0.15) is 11.5 Å². The number of ether oxygens (including phenoxy) is 1. The van der Waals surface area contributed by atoms with E-state index in [0.717, 1.165) is 16.7 Å². The molecular weight excluding hydrogens is 370 g/mol. The van der Waals surface area contributed by atoms with Crippen molar-refractivity contribution in [2.45, 2.75) is 27.2 Å². The second-order valence-electron chi connectivity index (χ2n) is 6.70. The van der Waals surface area contributed by atoms with E-state index in [9.17, 15) is 9.59 Å². The average Bonchev–Trinajstić information content (AvgIpc) is 3.08. The van der Waals surface area contributed by atoms with Gasteiger partial charge in [-0.1, -0.05) is 24.3 Å². The summed E-state index contributed by atoms with van der Waals surface area (Å²) in [6, 6.07) is 15.0. The Morgan fingerprint density at radius 2 is 1.69 bits per heavy atom. The Balaban J connectivity index is 1.48. The van der Waals surface area contributed by atoms with Crippen molar-refractivity contribution in [3.8, 4) is 17.2 Å². The van der Waals surface area contributed by atoms with Crippen molar-refractivity contribution in [2.24, 2.45) is 0 Å². The molecule has 0 aliphatic rings. The lowest BCUT2D eigenvalue weighted by Gasteiger charge is -2.09. The summed E-state index contributed by atoms with van der Waals surface area (Å²) in [7, 11) is 0. The fraction of sp³-hybridized carbons (Fsp3) is 0.227. The van der Waals surface area contributed by atoms with Gasteiger partial charge < -0.3 is 9.15 Å². The molecule has 0 unspecified atom stereocenters. The van der Waals surface area contributed by atoms with E-state index in [1.54, 1.807) is 13.0 Å². The van der Waals surface area contributed by atoms with Crippen LogP contribution in [0, 0.1) is 20.8 Å². The van der Waals surface area contributed by atoms with Crippen molar-refractivity contribution in [3.05, 3.63) is 71.1 Å². The van der Waals surface area contributed by atoms with E-state index in [0.29, 0.717) is 23.1 Å². The molecule has 2 aromatic carbocycles. The SMILES string of the molecule is Cc1ccc(OCC(=O)NNC(=O)Cc2nc(-c3ccccc3)oc2C)cc1C. The molecular formula is C22H23N3O4. The lowest BCUT2D eigenvalue weighted by atomic mass is 10.1. The first kappa shape index (κ1) is 20.1. The molecule has 0 saturated heterocycles. The number of amides is 2. The van der Waals surface area contributed by atoms with Crippen molar-refractivity contribution < 1.29 is 18.7 Å². The van der Waals surface area contributed by atoms with Crippen molar-refractivity contribution in [1.29, 1.82) is 0 Å². The highest BCUT2D eigenvalue weighted by Gasteiger charge is 2.15. The van der Waals surface area contributed by atoms with Crippen LogP contribution in [0.5, 0.6) is 5.75 Å². The number of hydrogen-bond acceptors (Lipinski definition) is 5. The van der Waals surface area contributed by atoms with Gasteiger partial charge in [0.25, 0.3) is 5.91 Å². The first-order valence-electron chi connectivity index (χ1n) is 9.22. The fourth-order valence-corrected chi connectivity index (χ4v) is 2.62. The predicted molar refractivity (Wildman–Crippen MR) is 108 cm³/mol. The minimum atomic E-state index is -0.460. The van der Waals surface area contributed by atoms with Crippen LogP contribution in [0.4, 0.5) is 0 Å². The van der Waals surface area contributed by atoms with Gasteiger partial charge in [-0.2, -0.15) is 0 Å². The van der Waals surface area contributed by atoms with Gasteiger partial charge in [0, 0.05) is 5.56 Å². The van der Waals surface area contributed by atoms with Crippen LogP contribution in [-0.2, 0) is 16.0 Å². The summed E-state index contributed by atoms with van der Waals surface area (Å²) in [6.45, 7) is 5.51. The molecule has 0 fully saturated rings. The summed E-state index contributed by atoms with van der Waals surface area (Å²) in [5.41, 5.74) is 8.27. The maximum Gasteiger partial charge on any atom is 0.276 e. The van der Waals surface area contributed by atoms with Crippen molar-refractivity contribution in [3.63, 3.8) is 0 Å². The van der Waals surface area contributed by atoms with E-state index in [4.69, 9.17) is 9.15 Å². The van der Waals surface area contributed by atoms with E-state index in [1.807, 2.05) is 56.3 Å². The van der Waals surface area contributed by atoms with Gasteiger partial charge >= 0.3 is 0 Å². The molecule has 0 atom stereocenters. The second kappa shape index (κ2) is 9.05. The zero-order valence-electron chi connectivity index (χ0n) is 16.6. The van der Waals surface area contributed by atoms with Crippen LogP contribution < -0.4 is 15.6 Å². The zero-order valence-corrected chi connectivity index (χ0v) is 16.6. The summed E-state index contributed by atoms with van der Waals surface area (Å²) >= 11 is 0. The number of benzene rings is 2. The lowest BCUT2D eigenvalue weighted by molar-refractivity contribution is -0.129. The minimum absolute atomic E-state index is 0.0134. The number of hydrogen-bond donors (Lipinski definition) is 2. The summed E-state index contributed by atoms with van der Waals surface area (Å²) in [5, 5.41) is 0. The van der Waals surface area contributed by atoms with Gasteiger partial charge in [0.2, 0.25) is 11.8 Å². The number of nitrogens with one attached hydrogen (secondary N) is 2. The first-order chi connectivity index (χ1) is 13.9. The maximum absolute atomic E-state index is 12.1. The van der Waals surface area contributed by atoms with E-state index >= 15 is 0 Å². The maximum atomic E-state index is 12.1. The average molecular weight is 393 g/mol. The topological polar surface area (TPSA) is 93.5 Å². The number of oxazole rings is 1. The smallest absolute Gasteiger partial charge is 0.276 e. The van der Waals surface area contributed by atoms with Gasteiger partial charge in [0.05, 0.1) is 12.1 Å². The molecule has 0 radical (unpaired) electrons. The number of aryl methyl sites for hydroxylation is 3. The number of rotatable bonds is 6. The number of carbonyl (C=O) groups excluding carboxylic acids is 2. The predicted octanol–water partition coefficient (Wildman–Crippen LogP) is 3.04. The Bertz CT molecular complexity index is 1010. The van der Waals surface area contributed by atoms with Crippen LogP contribution in [-0.4, -0.2) is 23.4 Å². The highest BCUT2D eigenvalue weighted by atomic mass is 16.5. The molecule has 1 heterocycles. The van der Waals surface area contributed by atoms with Gasteiger partial charge in [0.15, 0.2) is 6.61 Å². The molecule has 7 nitrogen and oxygen atoms in total. The number of hydrazine groups is 1. The molecule has 3 rings (SSSR count). The highest BCUT2D eigenvalue weighted by molar-refractivity contribution is 5.83. The Morgan fingerprint density at radius 1 is 0.966 bits per heavy atom. The van der Waals surface area contributed by atoms with Crippen LogP contribution in [0.15, 0.2) is 52.9 Å². The molecule has 0 spiro atoms. The summed E-state index contributed by atoms with van der Waals surface area (Å²) in [6.07, 6.45) is -0.0134. The second-order valence-corrected chi connectivity index (χ2v) is 6.70. The molecule has 0 saturated carbocycles. The molecule has 0 aliphatic heterocycles. The lowest BCUT2D eigenvalue weighted by Crippen LogP contribution is -2.44. The molecule has 7 heteroatoms. The number of carbonyl (C=O) groups is 2. The Hall–Kier alpha value is -3.61. The normalized spacial score (nSPS) is 10.4. The standard InChI is InChI=1S/C22H23N3O4/c1-14-9-10-18(11-15(14)2)28-13-21(27)25-24-20(26)12-19-16(3)29-22(23-19)17-7-5-4-6-8-17/h4-11H,12-13H2,1-3H3,(H,24,26)(H,25,27). The monoisotopic (exact) mass is 393 g/mol. The van der Waals surface area contributed by atoms with Crippen molar-refractivity contribution in [1.82, 2.24) is 15.8 Å². The number of aromatic nitrogens is 1. The molecule has 0 bridgehead atoms. The number of nitrogens with zero attached hydrogens (tertiary/aromatic N) is 1. The molecule has 0 aliphatic carbocycles. The van der Waals surface area contributed by atoms with Crippen molar-refractivity contribution in [2.75, 3.05) is 6.61 Å². The van der Waals surface area contributed by atoms with Crippen LogP contribution in [0.2, 0.25) is 0 Å². The summed E-state index contributed by atoms with van der Waals surface area (Å²) in [4.78, 5) is 28.4. The zero-order chi connectivity index (χ0) is 20.8. The molecule has 150 valence electrons. The Morgan fingerprint density at radius 3 is 2.41 bits per heavy atom. The third-order valence-electron chi connectivity index (χ3n) is 4.43. The molecule has 2 N–H and O–H groups in total. The van der Waals surface area contributed by atoms with Crippen molar-refractivity contribution >= 4 is 11.8 Å². The first-order valence-corrected chi connectivity index (χ1v) is 9.22. The molecule has 1 aromatic heterocycles. The fourth-order valence-electron chi connectivity index (χ4n) is 2.62. The van der Waals surface area contributed by atoms with Gasteiger partial charge in [-0.25, -0.2) is 4.98 Å². The quantitative estimate of drug-likeness (QED) is 0.628. The Kier molecular flexibility index (Phi) is 6.29. The van der Waals surface area contributed by atoms with Crippen LogP contribution in [0.25, 0.3) is 11.5 Å². The van der Waals surface area contributed by atoms with Crippen LogP contribution >= 0.6 is 0 Å². The van der Waals surface area contributed by atoms with E-state index in [1.165, 1.54) is 0 Å². The third-order valence-corrected chi connectivity index (χ3v) is 4.43. The van der Waals surface area contributed by atoms with E-state index < -0.39 is 11.8 Å². The molecule has 3 aromatic rings. The summed E-state index contributed by atoms with van der Waals surface area (Å²) < 4.78 is 11.1. The largest absolute Gasteiger partial charge is 0.484 e. The molecule has 2 amide bonds. The van der Waals surface area contributed by atoms with Gasteiger partial charge in [-0.15, -0.1) is 0 Å². The van der Waals surface area contributed by atoms with Crippen LogP contribution in [0.3, 0.4) is 0 Å². The third kappa shape index (κ3) is 5.44. The highest BCUT2D eigenvalue weighted by Crippen LogP contribution is 2.21. The van der Waals surface area contributed by atoms with E-state index in [-0.39, 0.29) is 13.0 Å². The minimum Gasteiger partial charge on any atom is -0.484 e. The van der Waals surface area contributed by atoms with Gasteiger partial charge in [-0.05, 0) is 56.2 Å². The summed E-state index contributed by atoms with van der Waals surface area (Å²) in [5.74, 6) is 0.750. The molecule has 29 heavy (non-hydrogen) atoms. The van der Waals surface area contributed by atoms with Gasteiger partial charge in [-0.3, -0.25) is 20.4 Å².